The van der Waals surface area contributed by atoms with Crippen LogP contribution in [-0.2, 0) is 0 Å². The van der Waals surface area contributed by atoms with E-state index in [1.807, 2.05) is 4.90 Å². The fourth-order valence-electron chi connectivity index (χ4n) is 2.55. The molecule has 2 amide bonds. The first-order chi connectivity index (χ1) is 8.49. The van der Waals surface area contributed by atoms with Gasteiger partial charge in [0.25, 0.3) is 0 Å². The zero-order chi connectivity index (χ0) is 13.5. The SMILES string of the molecule is CC(C)CC(CN(C)C)NC(=O)N1CCCCC1. The highest BCUT2D eigenvalue weighted by Crippen LogP contribution is 2.10. The summed E-state index contributed by atoms with van der Waals surface area (Å²) in [5, 5.41) is 3.19. The van der Waals surface area contributed by atoms with Crippen LogP contribution in [0.15, 0.2) is 0 Å². The Hall–Kier alpha value is -0.770. The smallest absolute Gasteiger partial charge is 0.317 e. The second-order valence-electron chi connectivity index (χ2n) is 6.09. The number of hydrogen-bond donors (Lipinski definition) is 1. The summed E-state index contributed by atoms with van der Waals surface area (Å²) < 4.78 is 0. The summed E-state index contributed by atoms with van der Waals surface area (Å²) in [5.74, 6) is 0.608. The lowest BCUT2D eigenvalue weighted by molar-refractivity contribution is 0.177. The van der Waals surface area contributed by atoms with Crippen molar-refractivity contribution in [3.63, 3.8) is 0 Å². The van der Waals surface area contributed by atoms with E-state index < -0.39 is 0 Å². The maximum Gasteiger partial charge on any atom is 0.317 e. The fourth-order valence-corrected chi connectivity index (χ4v) is 2.55. The molecule has 18 heavy (non-hydrogen) atoms. The number of amides is 2. The van der Waals surface area contributed by atoms with Crippen molar-refractivity contribution in [2.45, 2.75) is 45.6 Å². The van der Waals surface area contributed by atoms with Gasteiger partial charge >= 0.3 is 6.03 Å². The zero-order valence-electron chi connectivity index (χ0n) is 12.4. The number of hydrogen-bond acceptors (Lipinski definition) is 2. The second kappa shape index (κ2) is 7.62. The predicted octanol–water partition coefficient (Wildman–Crippen LogP) is 2.16. The van der Waals surface area contributed by atoms with Crippen LogP contribution in [0.2, 0.25) is 0 Å². The molecular weight excluding hydrogens is 226 g/mol. The minimum absolute atomic E-state index is 0.127. The number of likely N-dealkylation sites (N-methyl/N-ethyl adjacent to an activating group) is 1. The molecular formula is C14H29N3O. The molecule has 4 nitrogen and oxygen atoms in total. The van der Waals surface area contributed by atoms with Gasteiger partial charge in [-0.2, -0.15) is 0 Å². The quantitative estimate of drug-likeness (QED) is 0.817. The van der Waals surface area contributed by atoms with E-state index in [9.17, 15) is 4.79 Å². The highest BCUT2D eigenvalue weighted by Gasteiger charge is 2.20. The minimum Gasteiger partial charge on any atom is -0.334 e. The van der Waals surface area contributed by atoms with Gasteiger partial charge in [0.1, 0.15) is 0 Å². The first kappa shape index (κ1) is 15.3. The van der Waals surface area contributed by atoms with E-state index in [1.165, 1.54) is 6.42 Å². The molecule has 4 heteroatoms. The Morgan fingerprint density at radius 1 is 1.22 bits per heavy atom. The summed E-state index contributed by atoms with van der Waals surface area (Å²) >= 11 is 0. The van der Waals surface area contributed by atoms with Gasteiger partial charge in [-0.1, -0.05) is 13.8 Å². The average molecular weight is 255 g/mol. The first-order valence-electron chi connectivity index (χ1n) is 7.19. The van der Waals surface area contributed by atoms with Crippen LogP contribution in [0, 0.1) is 5.92 Å². The summed E-state index contributed by atoms with van der Waals surface area (Å²) in [6.07, 6.45) is 4.60. The second-order valence-corrected chi connectivity index (χ2v) is 6.09. The summed E-state index contributed by atoms with van der Waals surface area (Å²) in [6, 6.07) is 0.386. The Labute approximate surface area is 112 Å². The van der Waals surface area contributed by atoms with E-state index in [2.05, 4.69) is 38.2 Å². The first-order valence-corrected chi connectivity index (χ1v) is 7.19. The largest absolute Gasteiger partial charge is 0.334 e. The number of nitrogens with zero attached hydrogens (tertiary/aromatic N) is 2. The maximum atomic E-state index is 12.2. The standard InChI is InChI=1S/C14H29N3O/c1-12(2)10-13(11-16(3)4)15-14(18)17-8-6-5-7-9-17/h12-13H,5-11H2,1-4H3,(H,15,18). The van der Waals surface area contributed by atoms with Crippen LogP contribution in [0.3, 0.4) is 0 Å². The zero-order valence-corrected chi connectivity index (χ0v) is 12.4. The van der Waals surface area contributed by atoms with Crippen molar-refractivity contribution < 1.29 is 4.79 Å². The molecule has 0 aromatic heterocycles. The van der Waals surface area contributed by atoms with Crippen LogP contribution in [0.25, 0.3) is 0 Å². The molecule has 1 aliphatic heterocycles. The third-order valence-electron chi connectivity index (χ3n) is 3.31. The number of rotatable bonds is 5. The van der Waals surface area contributed by atoms with Gasteiger partial charge in [-0.05, 0) is 45.7 Å². The van der Waals surface area contributed by atoms with E-state index in [0.717, 1.165) is 38.9 Å². The number of likely N-dealkylation sites (tertiary alicyclic amines) is 1. The van der Waals surface area contributed by atoms with Gasteiger partial charge in [0.05, 0.1) is 0 Å². The van der Waals surface area contributed by atoms with Crippen LogP contribution in [0.1, 0.15) is 39.5 Å². The maximum absolute atomic E-state index is 12.2. The molecule has 1 saturated heterocycles. The van der Waals surface area contributed by atoms with E-state index in [1.54, 1.807) is 0 Å². The molecule has 0 spiro atoms. The molecule has 106 valence electrons. The van der Waals surface area contributed by atoms with Crippen LogP contribution < -0.4 is 5.32 Å². The number of nitrogens with one attached hydrogen (secondary N) is 1. The molecule has 0 radical (unpaired) electrons. The van der Waals surface area contributed by atoms with Crippen molar-refractivity contribution in [3.05, 3.63) is 0 Å². The topological polar surface area (TPSA) is 35.6 Å². The molecule has 1 rings (SSSR count). The van der Waals surface area contributed by atoms with Crippen LogP contribution in [0.4, 0.5) is 4.79 Å². The summed E-state index contributed by atoms with van der Waals surface area (Å²) in [4.78, 5) is 16.3. The molecule has 0 bridgehead atoms. The van der Waals surface area contributed by atoms with Gasteiger partial charge in [-0.25, -0.2) is 4.79 Å². The molecule has 1 N–H and O–H groups in total. The molecule has 0 aliphatic carbocycles. The normalized spacial score (nSPS) is 18.2. The molecule has 0 aromatic rings. The Kier molecular flexibility index (Phi) is 6.47. The van der Waals surface area contributed by atoms with E-state index in [4.69, 9.17) is 0 Å². The fraction of sp³-hybridized carbons (Fsp3) is 0.929. The van der Waals surface area contributed by atoms with E-state index in [0.29, 0.717) is 5.92 Å². The Morgan fingerprint density at radius 3 is 2.33 bits per heavy atom. The van der Waals surface area contributed by atoms with Crippen molar-refractivity contribution in [1.29, 1.82) is 0 Å². The molecule has 0 saturated carbocycles. The van der Waals surface area contributed by atoms with Crippen LogP contribution >= 0.6 is 0 Å². The Balaban J connectivity index is 2.44. The number of piperidine rings is 1. The summed E-state index contributed by atoms with van der Waals surface area (Å²) in [6.45, 7) is 7.16. The molecule has 1 atom stereocenters. The van der Waals surface area contributed by atoms with Gasteiger partial charge < -0.3 is 15.1 Å². The van der Waals surface area contributed by atoms with Gasteiger partial charge in [0.2, 0.25) is 0 Å². The minimum atomic E-state index is 0.127. The Bertz CT molecular complexity index is 237. The summed E-state index contributed by atoms with van der Waals surface area (Å²) in [5.41, 5.74) is 0. The highest BCUT2D eigenvalue weighted by atomic mass is 16.2. The number of carbonyl (C=O) groups excluding carboxylic acids is 1. The van der Waals surface area contributed by atoms with Crippen molar-refractivity contribution >= 4 is 6.03 Å². The van der Waals surface area contributed by atoms with Crippen molar-refractivity contribution in [3.8, 4) is 0 Å². The lowest BCUT2D eigenvalue weighted by Gasteiger charge is -2.30. The molecule has 1 aliphatic rings. The highest BCUT2D eigenvalue weighted by molar-refractivity contribution is 5.74. The predicted molar refractivity (Wildman–Crippen MR) is 75.8 cm³/mol. The molecule has 0 aromatic carbocycles. The number of urea groups is 1. The van der Waals surface area contributed by atoms with Crippen molar-refractivity contribution in [2.75, 3.05) is 33.7 Å². The lowest BCUT2D eigenvalue weighted by Crippen LogP contribution is -2.49. The van der Waals surface area contributed by atoms with Crippen LogP contribution in [-0.4, -0.2) is 55.6 Å². The third-order valence-corrected chi connectivity index (χ3v) is 3.31. The van der Waals surface area contributed by atoms with E-state index >= 15 is 0 Å². The average Bonchev–Trinajstić information content (AvgIpc) is 2.28. The van der Waals surface area contributed by atoms with Gasteiger partial charge in [0, 0.05) is 25.7 Å². The van der Waals surface area contributed by atoms with Crippen LogP contribution in [0.5, 0.6) is 0 Å². The molecule has 1 heterocycles. The number of carbonyl (C=O) groups is 1. The third kappa shape index (κ3) is 5.71. The van der Waals surface area contributed by atoms with Gasteiger partial charge in [0.15, 0.2) is 0 Å². The monoisotopic (exact) mass is 255 g/mol. The summed E-state index contributed by atoms with van der Waals surface area (Å²) in [7, 11) is 4.11. The van der Waals surface area contributed by atoms with E-state index in [-0.39, 0.29) is 12.1 Å². The molecule has 1 fully saturated rings. The lowest BCUT2D eigenvalue weighted by atomic mass is 10.0. The van der Waals surface area contributed by atoms with Gasteiger partial charge in [-0.15, -0.1) is 0 Å². The Morgan fingerprint density at radius 2 is 1.83 bits per heavy atom. The van der Waals surface area contributed by atoms with Crippen molar-refractivity contribution in [2.24, 2.45) is 5.92 Å². The van der Waals surface area contributed by atoms with Crippen molar-refractivity contribution in [1.82, 2.24) is 15.1 Å². The molecule has 1 unspecified atom stereocenters. The van der Waals surface area contributed by atoms with Gasteiger partial charge in [-0.3, -0.25) is 0 Å².